The van der Waals surface area contributed by atoms with Gasteiger partial charge in [-0.05, 0) is 42.0 Å². The SMILES string of the molecule is O=C(Cc1ccc(C2CC2)cc1)NCC(O)C(O)c1ccc(OCC(F)(F)F)cn1. The number of aromatic nitrogens is 1. The Labute approximate surface area is 171 Å². The predicted molar refractivity (Wildman–Crippen MR) is 102 cm³/mol. The molecule has 0 spiro atoms. The average molecular weight is 424 g/mol. The first kappa shape index (κ1) is 22.0. The maximum Gasteiger partial charge on any atom is 0.422 e. The van der Waals surface area contributed by atoms with E-state index < -0.39 is 25.0 Å². The number of rotatable bonds is 9. The highest BCUT2D eigenvalue weighted by molar-refractivity contribution is 5.78. The summed E-state index contributed by atoms with van der Waals surface area (Å²) in [6.45, 7) is -1.65. The van der Waals surface area contributed by atoms with Gasteiger partial charge in [0.1, 0.15) is 18.0 Å². The second kappa shape index (κ2) is 9.44. The molecule has 1 saturated carbocycles. The molecule has 0 saturated heterocycles. The highest BCUT2D eigenvalue weighted by Gasteiger charge is 2.28. The summed E-state index contributed by atoms with van der Waals surface area (Å²) in [5, 5.41) is 22.8. The summed E-state index contributed by atoms with van der Waals surface area (Å²) in [4.78, 5) is 15.9. The van der Waals surface area contributed by atoms with E-state index in [1.54, 1.807) is 0 Å². The van der Waals surface area contributed by atoms with Gasteiger partial charge in [-0.15, -0.1) is 0 Å². The zero-order chi connectivity index (χ0) is 21.7. The number of hydrogen-bond acceptors (Lipinski definition) is 5. The number of carbonyl (C=O) groups excluding carboxylic acids is 1. The number of benzene rings is 1. The highest BCUT2D eigenvalue weighted by atomic mass is 19.4. The van der Waals surface area contributed by atoms with Crippen LogP contribution in [0.1, 0.15) is 41.7 Å². The quantitative estimate of drug-likeness (QED) is 0.576. The van der Waals surface area contributed by atoms with Crippen LogP contribution in [-0.4, -0.2) is 46.5 Å². The number of ether oxygens (including phenoxy) is 1. The lowest BCUT2D eigenvalue weighted by atomic mass is 10.1. The fraction of sp³-hybridized carbons (Fsp3) is 0.429. The van der Waals surface area contributed by atoms with Gasteiger partial charge in [0.15, 0.2) is 6.61 Å². The lowest BCUT2D eigenvalue weighted by molar-refractivity contribution is -0.153. The molecule has 1 aromatic carbocycles. The van der Waals surface area contributed by atoms with Gasteiger partial charge in [0.25, 0.3) is 0 Å². The molecule has 2 unspecified atom stereocenters. The Morgan fingerprint density at radius 1 is 1.17 bits per heavy atom. The van der Waals surface area contributed by atoms with Gasteiger partial charge in [-0.25, -0.2) is 0 Å². The van der Waals surface area contributed by atoms with Crippen molar-refractivity contribution in [2.75, 3.05) is 13.2 Å². The summed E-state index contributed by atoms with van der Waals surface area (Å²) in [5.74, 6) is 0.228. The number of carbonyl (C=O) groups is 1. The van der Waals surface area contributed by atoms with Gasteiger partial charge in [0, 0.05) is 6.54 Å². The minimum Gasteiger partial charge on any atom is -0.483 e. The van der Waals surface area contributed by atoms with Crippen molar-refractivity contribution in [2.45, 2.75) is 43.6 Å². The molecular weight excluding hydrogens is 401 g/mol. The third-order valence-electron chi connectivity index (χ3n) is 4.73. The van der Waals surface area contributed by atoms with E-state index in [1.807, 2.05) is 24.3 Å². The first-order valence-electron chi connectivity index (χ1n) is 9.58. The summed E-state index contributed by atoms with van der Waals surface area (Å²) in [6.07, 6.45) is -3.62. The monoisotopic (exact) mass is 424 g/mol. The van der Waals surface area contributed by atoms with Crippen molar-refractivity contribution in [1.82, 2.24) is 10.3 Å². The molecular formula is C21H23F3N2O4. The van der Waals surface area contributed by atoms with E-state index in [9.17, 15) is 28.2 Å². The van der Waals surface area contributed by atoms with Gasteiger partial charge in [-0.1, -0.05) is 24.3 Å². The summed E-state index contributed by atoms with van der Waals surface area (Å²) >= 11 is 0. The first-order chi connectivity index (χ1) is 14.2. The number of pyridine rings is 1. The van der Waals surface area contributed by atoms with E-state index in [2.05, 4.69) is 15.0 Å². The Morgan fingerprint density at radius 3 is 2.43 bits per heavy atom. The molecule has 3 N–H and O–H groups in total. The van der Waals surface area contributed by atoms with Crippen LogP contribution in [0.3, 0.4) is 0 Å². The van der Waals surface area contributed by atoms with Gasteiger partial charge >= 0.3 is 6.18 Å². The third-order valence-corrected chi connectivity index (χ3v) is 4.73. The highest BCUT2D eigenvalue weighted by Crippen LogP contribution is 2.39. The fourth-order valence-electron chi connectivity index (χ4n) is 2.92. The summed E-state index contributed by atoms with van der Waals surface area (Å²) < 4.78 is 41.0. The van der Waals surface area contributed by atoms with Gasteiger partial charge in [-0.3, -0.25) is 9.78 Å². The molecule has 1 aliphatic rings. The molecule has 2 aromatic rings. The molecule has 0 aliphatic heterocycles. The number of nitrogens with zero attached hydrogens (tertiary/aromatic N) is 1. The van der Waals surface area contributed by atoms with Crippen LogP contribution in [0.25, 0.3) is 0 Å². The Hall–Kier alpha value is -2.65. The van der Waals surface area contributed by atoms with E-state index in [0.717, 1.165) is 11.8 Å². The maximum absolute atomic E-state index is 12.1. The Morgan fingerprint density at radius 2 is 1.87 bits per heavy atom. The zero-order valence-electron chi connectivity index (χ0n) is 16.1. The topological polar surface area (TPSA) is 91.7 Å². The number of hydrogen-bond donors (Lipinski definition) is 3. The van der Waals surface area contributed by atoms with Crippen LogP contribution in [0.5, 0.6) is 5.75 Å². The summed E-state index contributed by atoms with van der Waals surface area (Å²) in [7, 11) is 0. The van der Waals surface area contributed by atoms with Crippen molar-refractivity contribution in [3.05, 3.63) is 59.4 Å². The average Bonchev–Trinajstić information content (AvgIpc) is 3.56. The third kappa shape index (κ3) is 6.70. The zero-order valence-corrected chi connectivity index (χ0v) is 16.1. The molecule has 1 heterocycles. The Balaban J connectivity index is 1.44. The molecule has 2 atom stereocenters. The van der Waals surface area contributed by atoms with Crippen molar-refractivity contribution in [1.29, 1.82) is 0 Å². The molecule has 1 aliphatic carbocycles. The fourth-order valence-corrected chi connectivity index (χ4v) is 2.92. The maximum atomic E-state index is 12.1. The summed E-state index contributed by atoms with van der Waals surface area (Å²) in [6, 6.07) is 10.3. The van der Waals surface area contributed by atoms with Crippen LogP contribution >= 0.6 is 0 Å². The van der Waals surface area contributed by atoms with E-state index >= 15 is 0 Å². The van der Waals surface area contributed by atoms with E-state index in [-0.39, 0.29) is 30.3 Å². The van der Waals surface area contributed by atoms with Crippen molar-refractivity contribution >= 4 is 5.91 Å². The number of aliphatic hydroxyl groups excluding tert-OH is 2. The molecule has 0 bridgehead atoms. The second-order valence-corrected chi connectivity index (χ2v) is 7.33. The number of nitrogens with one attached hydrogen (secondary N) is 1. The first-order valence-corrected chi connectivity index (χ1v) is 9.58. The molecule has 0 radical (unpaired) electrons. The second-order valence-electron chi connectivity index (χ2n) is 7.33. The molecule has 6 nitrogen and oxygen atoms in total. The van der Waals surface area contributed by atoms with Crippen molar-refractivity contribution in [3.63, 3.8) is 0 Å². The minimum atomic E-state index is -4.47. The minimum absolute atomic E-state index is 0.0479. The van der Waals surface area contributed by atoms with E-state index in [0.29, 0.717) is 5.92 Å². The van der Waals surface area contributed by atoms with Gasteiger partial charge in [0.05, 0.1) is 18.3 Å². The number of amides is 1. The van der Waals surface area contributed by atoms with E-state index in [4.69, 9.17) is 0 Å². The van der Waals surface area contributed by atoms with Crippen LogP contribution in [0.15, 0.2) is 42.6 Å². The van der Waals surface area contributed by atoms with Crippen molar-refractivity contribution < 1.29 is 32.9 Å². The lowest BCUT2D eigenvalue weighted by Gasteiger charge is -2.18. The number of alkyl halides is 3. The molecule has 1 amide bonds. The molecule has 9 heteroatoms. The van der Waals surface area contributed by atoms with Gasteiger partial charge in [0.2, 0.25) is 5.91 Å². The smallest absolute Gasteiger partial charge is 0.422 e. The van der Waals surface area contributed by atoms with E-state index in [1.165, 1.54) is 30.5 Å². The Kier molecular flexibility index (Phi) is 6.94. The standard InChI is InChI=1S/C21H23F3N2O4/c22-21(23,24)12-30-16-7-8-17(25-10-16)20(29)18(27)11-26-19(28)9-13-1-3-14(4-2-13)15-5-6-15/h1-4,7-8,10,15,18,20,27,29H,5-6,9,11-12H2,(H,26,28). The number of halogens is 3. The molecule has 162 valence electrons. The van der Waals surface area contributed by atoms with Crippen LogP contribution in [-0.2, 0) is 11.2 Å². The van der Waals surface area contributed by atoms with Gasteiger partial charge < -0.3 is 20.3 Å². The molecule has 1 aromatic heterocycles. The largest absolute Gasteiger partial charge is 0.483 e. The van der Waals surface area contributed by atoms with Crippen molar-refractivity contribution in [2.24, 2.45) is 0 Å². The van der Waals surface area contributed by atoms with Crippen LogP contribution < -0.4 is 10.1 Å². The molecule has 1 fully saturated rings. The van der Waals surface area contributed by atoms with Crippen molar-refractivity contribution in [3.8, 4) is 5.75 Å². The molecule has 3 rings (SSSR count). The normalized spacial score (nSPS) is 16.0. The van der Waals surface area contributed by atoms with Crippen LogP contribution in [0.2, 0.25) is 0 Å². The van der Waals surface area contributed by atoms with Gasteiger partial charge in [-0.2, -0.15) is 13.2 Å². The Bertz CT molecular complexity index is 837. The van der Waals surface area contributed by atoms with Crippen LogP contribution in [0, 0.1) is 0 Å². The summed E-state index contributed by atoms with van der Waals surface area (Å²) in [5.41, 5.74) is 2.18. The predicted octanol–water partition coefficient (Wildman–Crippen LogP) is 2.65. The molecule has 30 heavy (non-hydrogen) atoms. The lowest BCUT2D eigenvalue weighted by Crippen LogP contribution is -2.36. The number of aliphatic hydroxyl groups is 2. The van der Waals surface area contributed by atoms with Crippen LogP contribution in [0.4, 0.5) is 13.2 Å².